The average Bonchev–Trinajstić information content (AvgIpc) is 2.90. The molecule has 3 aromatic rings. The molecule has 0 atom stereocenters. The van der Waals surface area contributed by atoms with Crippen molar-refractivity contribution < 1.29 is 0 Å². The summed E-state index contributed by atoms with van der Waals surface area (Å²) in [6, 6.07) is 19.3. The first-order chi connectivity index (χ1) is 9.81. The van der Waals surface area contributed by atoms with Gasteiger partial charge in [0.15, 0.2) is 0 Å². The molecule has 0 radical (unpaired) electrons. The first-order valence-electron chi connectivity index (χ1n) is 6.99. The van der Waals surface area contributed by atoms with Crippen molar-refractivity contribution in [3.63, 3.8) is 0 Å². The standard InChI is InChI=1S/C18H16N2/c1-13-10-18(16-8-4-5-9-17(16)19-13)20-11-14-6-2-3-7-15(14)12-20/h2-10H,11-12H2,1H3. The average molecular weight is 260 g/mol. The van der Waals surface area contributed by atoms with Gasteiger partial charge in [0, 0.05) is 29.9 Å². The van der Waals surface area contributed by atoms with Crippen molar-refractivity contribution in [1.29, 1.82) is 0 Å². The Morgan fingerprint density at radius 3 is 2.30 bits per heavy atom. The van der Waals surface area contributed by atoms with Gasteiger partial charge < -0.3 is 4.90 Å². The number of fused-ring (bicyclic) bond motifs is 2. The summed E-state index contributed by atoms with van der Waals surface area (Å²) < 4.78 is 0. The van der Waals surface area contributed by atoms with E-state index in [0.717, 1.165) is 24.3 Å². The van der Waals surface area contributed by atoms with E-state index in [2.05, 4.69) is 71.4 Å². The van der Waals surface area contributed by atoms with Crippen molar-refractivity contribution in [2.24, 2.45) is 0 Å². The third-order valence-corrected chi connectivity index (χ3v) is 4.00. The summed E-state index contributed by atoms with van der Waals surface area (Å²) in [7, 11) is 0. The predicted molar refractivity (Wildman–Crippen MR) is 82.8 cm³/mol. The molecule has 2 heterocycles. The van der Waals surface area contributed by atoms with Crippen LogP contribution >= 0.6 is 0 Å². The van der Waals surface area contributed by atoms with Crippen LogP contribution in [0, 0.1) is 6.92 Å². The molecule has 0 unspecified atom stereocenters. The van der Waals surface area contributed by atoms with Crippen LogP contribution in [0.25, 0.3) is 10.9 Å². The van der Waals surface area contributed by atoms with Crippen LogP contribution in [0.2, 0.25) is 0 Å². The lowest BCUT2D eigenvalue weighted by molar-refractivity contribution is 0.883. The number of anilines is 1. The second kappa shape index (κ2) is 4.34. The molecule has 1 aliphatic rings. The molecule has 1 aliphatic heterocycles. The van der Waals surface area contributed by atoms with Gasteiger partial charge in [-0.25, -0.2) is 0 Å². The summed E-state index contributed by atoms with van der Waals surface area (Å²) in [6.45, 7) is 4.05. The summed E-state index contributed by atoms with van der Waals surface area (Å²) in [5.74, 6) is 0. The number of hydrogen-bond acceptors (Lipinski definition) is 2. The van der Waals surface area contributed by atoms with E-state index in [9.17, 15) is 0 Å². The number of aryl methyl sites for hydroxylation is 1. The Morgan fingerprint density at radius 2 is 1.55 bits per heavy atom. The second-order valence-corrected chi connectivity index (χ2v) is 5.42. The zero-order valence-corrected chi connectivity index (χ0v) is 11.5. The molecule has 0 spiro atoms. The molecule has 98 valence electrons. The van der Waals surface area contributed by atoms with Crippen molar-refractivity contribution in [3.8, 4) is 0 Å². The van der Waals surface area contributed by atoms with Gasteiger partial charge in [-0.05, 0) is 30.2 Å². The summed E-state index contributed by atoms with van der Waals surface area (Å²) in [4.78, 5) is 7.08. The highest BCUT2D eigenvalue weighted by atomic mass is 15.1. The first kappa shape index (κ1) is 11.5. The fraction of sp³-hybridized carbons (Fsp3) is 0.167. The predicted octanol–water partition coefficient (Wildman–Crippen LogP) is 4.06. The van der Waals surface area contributed by atoms with Gasteiger partial charge in [-0.3, -0.25) is 4.98 Å². The Bertz CT molecular complexity index is 767. The van der Waals surface area contributed by atoms with E-state index < -0.39 is 0 Å². The van der Waals surface area contributed by atoms with Crippen LogP contribution in [0.1, 0.15) is 16.8 Å². The van der Waals surface area contributed by atoms with Gasteiger partial charge in [0.05, 0.1) is 5.52 Å². The molecule has 1 aromatic heterocycles. The molecule has 4 rings (SSSR count). The molecule has 2 nitrogen and oxygen atoms in total. The highest BCUT2D eigenvalue weighted by Gasteiger charge is 2.20. The molecule has 2 heteroatoms. The number of nitrogens with zero attached hydrogens (tertiary/aromatic N) is 2. The largest absolute Gasteiger partial charge is 0.362 e. The lowest BCUT2D eigenvalue weighted by Gasteiger charge is -2.20. The number of rotatable bonds is 1. The third kappa shape index (κ3) is 1.76. The third-order valence-electron chi connectivity index (χ3n) is 4.00. The Labute approximate surface area is 118 Å². The van der Waals surface area contributed by atoms with Crippen molar-refractivity contribution in [2.75, 3.05) is 4.90 Å². The zero-order valence-electron chi connectivity index (χ0n) is 11.5. The quantitative estimate of drug-likeness (QED) is 0.656. The summed E-state index contributed by atoms with van der Waals surface area (Å²) in [5.41, 5.74) is 6.33. The lowest BCUT2D eigenvalue weighted by atomic mass is 10.1. The maximum Gasteiger partial charge on any atom is 0.0726 e. The van der Waals surface area contributed by atoms with E-state index in [4.69, 9.17) is 0 Å². The van der Waals surface area contributed by atoms with E-state index in [-0.39, 0.29) is 0 Å². The Morgan fingerprint density at radius 1 is 0.900 bits per heavy atom. The SMILES string of the molecule is Cc1cc(N2Cc3ccccc3C2)c2ccccc2n1. The topological polar surface area (TPSA) is 16.1 Å². The fourth-order valence-corrected chi connectivity index (χ4v) is 3.05. The van der Waals surface area contributed by atoms with Crippen LogP contribution in [-0.4, -0.2) is 4.98 Å². The van der Waals surface area contributed by atoms with Crippen LogP contribution in [0.5, 0.6) is 0 Å². The fourth-order valence-electron chi connectivity index (χ4n) is 3.05. The summed E-state index contributed by atoms with van der Waals surface area (Å²) in [5, 5.41) is 1.24. The van der Waals surface area contributed by atoms with Crippen LogP contribution in [-0.2, 0) is 13.1 Å². The van der Waals surface area contributed by atoms with Crippen LogP contribution in [0.3, 0.4) is 0 Å². The van der Waals surface area contributed by atoms with Crippen LogP contribution in [0.15, 0.2) is 54.6 Å². The second-order valence-electron chi connectivity index (χ2n) is 5.42. The van der Waals surface area contributed by atoms with Gasteiger partial charge in [-0.15, -0.1) is 0 Å². The van der Waals surface area contributed by atoms with E-state index in [1.807, 2.05) is 0 Å². The van der Waals surface area contributed by atoms with Gasteiger partial charge in [-0.1, -0.05) is 42.5 Å². The van der Waals surface area contributed by atoms with Gasteiger partial charge in [-0.2, -0.15) is 0 Å². The summed E-state index contributed by atoms with van der Waals surface area (Å²) >= 11 is 0. The monoisotopic (exact) mass is 260 g/mol. The normalized spacial score (nSPS) is 13.8. The molecule has 0 fully saturated rings. The Hall–Kier alpha value is -2.35. The van der Waals surface area contributed by atoms with E-state index in [1.54, 1.807) is 0 Å². The minimum absolute atomic E-state index is 0.990. The maximum absolute atomic E-state index is 4.63. The van der Waals surface area contributed by atoms with Crippen LogP contribution in [0.4, 0.5) is 5.69 Å². The van der Waals surface area contributed by atoms with Crippen molar-refractivity contribution in [1.82, 2.24) is 4.98 Å². The minimum atomic E-state index is 0.990. The van der Waals surface area contributed by atoms with E-state index in [1.165, 1.54) is 22.2 Å². The minimum Gasteiger partial charge on any atom is -0.362 e. The van der Waals surface area contributed by atoms with Crippen LogP contribution < -0.4 is 4.90 Å². The first-order valence-corrected chi connectivity index (χ1v) is 6.99. The molecule has 20 heavy (non-hydrogen) atoms. The van der Waals surface area contributed by atoms with Gasteiger partial charge in [0.2, 0.25) is 0 Å². The summed E-state index contributed by atoms with van der Waals surface area (Å²) in [6.07, 6.45) is 0. The van der Waals surface area contributed by atoms with Crippen molar-refractivity contribution in [2.45, 2.75) is 20.0 Å². The number of benzene rings is 2. The lowest BCUT2D eigenvalue weighted by Crippen LogP contribution is -2.15. The number of pyridine rings is 1. The number of aromatic nitrogens is 1. The highest BCUT2D eigenvalue weighted by molar-refractivity contribution is 5.92. The van der Waals surface area contributed by atoms with Gasteiger partial charge in [0.1, 0.15) is 0 Å². The molecule has 0 saturated carbocycles. The van der Waals surface area contributed by atoms with Crippen molar-refractivity contribution >= 4 is 16.6 Å². The molecule has 0 N–H and O–H groups in total. The molecular formula is C18H16N2. The highest BCUT2D eigenvalue weighted by Crippen LogP contribution is 2.33. The number of para-hydroxylation sites is 1. The molecular weight excluding hydrogens is 244 g/mol. The Balaban J connectivity index is 1.84. The molecule has 0 bridgehead atoms. The maximum atomic E-state index is 4.63. The molecule has 0 amide bonds. The molecule has 0 aliphatic carbocycles. The van der Waals surface area contributed by atoms with Crippen molar-refractivity contribution in [3.05, 3.63) is 71.4 Å². The Kier molecular flexibility index (Phi) is 2.49. The van der Waals surface area contributed by atoms with E-state index in [0.29, 0.717) is 0 Å². The van der Waals surface area contributed by atoms with Gasteiger partial charge in [0.25, 0.3) is 0 Å². The zero-order chi connectivity index (χ0) is 13.5. The number of hydrogen-bond donors (Lipinski definition) is 0. The molecule has 2 aromatic carbocycles. The molecule has 0 saturated heterocycles. The van der Waals surface area contributed by atoms with E-state index >= 15 is 0 Å². The smallest absolute Gasteiger partial charge is 0.0726 e. The van der Waals surface area contributed by atoms with Gasteiger partial charge >= 0.3 is 0 Å².